The number of hydrogen-bond donors (Lipinski definition) is 0. The van der Waals surface area contributed by atoms with Crippen molar-refractivity contribution < 1.29 is 24.1 Å². The van der Waals surface area contributed by atoms with Crippen LogP contribution >= 0.6 is 0 Å². The van der Waals surface area contributed by atoms with E-state index in [0.717, 1.165) is 0 Å². The Kier molecular flexibility index (Phi) is 4.55. The van der Waals surface area contributed by atoms with Gasteiger partial charge in [-0.25, -0.2) is 0 Å². The maximum absolute atomic E-state index is 11.3. The molecule has 0 fully saturated rings. The standard InChI is InChI=1S/C14H14N2O5/c1-19-10-8-11(20-2)16-14(15-10)21-12(13(17)18)9-6-4-3-5-7-9/h3-8,12H,1-2H3,(H,17,18)/p-1/t12-/m1/s1. The summed E-state index contributed by atoms with van der Waals surface area (Å²) in [6.45, 7) is 0. The quantitative estimate of drug-likeness (QED) is 0.758. The number of methoxy groups -OCH3 is 2. The lowest BCUT2D eigenvalue weighted by molar-refractivity contribution is -0.314. The van der Waals surface area contributed by atoms with Crippen LogP contribution in [0.2, 0.25) is 0 Å². The maximum atomic E-state index is 11.3. The van der Waals surface area contributed by atoms with Gasteiger partial charge in [0.1, 0.15) is 0 Å². The molecule has 0 N–H and O–H groups in total. The lowest BCUT2D eigenvalue weighted by atomic mass is 10.1. The van der Waals surface area contributed by atoms with E-state index in [-0.39, 0.29) is 17.8 Å². The average molecular weight is 289 g/mol. The molecule has 0 spiro atoms. The first-order chi connectivity index (χ1) is 10.1. The average Bonchev–Trinajstić information content (AvgIpc) is 2.52. The molecule has 0 saturated heterocycles. The van der Waals surface area contributed by atoms with Crippen LogP contribution in [0.1, 0.15) is 11.7 Å². The number of carboxylic acid groups (broad SMARTS) is 1. The summed E-state index contributed by atoms with van der Waals surface area (Å²) in [5, 5.41) is 11.3. The van der Waals surface area contributed by atoms with E-state index in [1.54, 1.807) is 30.3 Å². The topological polar surface area (TPSA) is 93.6 Å². The maximum Gasteiger partial charge on any atom is 0.324 e. The Hall–Kier alpha value is -2.83. The lowest BCUT2D eigenvalue weighted by Crippen LogP contribution is -2.33. The zero-order valence-electron chi connectivity index (χ0n) is 11.5. The molecule has 0 bridgehead atoms. The Morgan fingerprint density at radius 2 is 1.67 bits per heavy atom. The minimum absolute atomic E-state index is 0.177. The summed E-state index contributed by atoms with van der Waals surface area (Å²) in [6.07, 6.45) is -1.33. The number of hydrogen-bond acceptors (Lipinski definition) is 7. The molecule has 7 heteroatoms. The molecule has 2 rings (SSSR count). The van der Waals surface area contributed by atoms with Crippen LogP contribution in [-0.2, 0) is 4.79 Å². The molecule has 0 aliphatic rings. The third kappa shape index (κ3) is 3.59. The van der Waals surface area contributed by atoms with Crippen molar-refractivity contribution in [3.05, 3.63) is 42.0 Å². The Morgan fingerprint density at radius 1 is 1.10 bits per heavy atom. The van der Waals surface area contributed by atoms with Crippen LogP contribution in [0.3, 0.4) is 0 Å². The molecule has 0 unspecified atom stereocenters. The first-order valence-electron chi connectivity index (χ1n) is 6.03. The molecule has 7 nitrogen and oxygen atoms in total. The Morgan fingerprint density at radius 3 is 2.14 bits per heavy atom. The first-order valence-corrected chi connectivity index (χ1v) is 6.03. The van der Waals surface area contributed by atoms with Gasteiger partial charge in [-0.05, 0) is 5.56 Å². The first kappa shape index (κ1) is 14.6. The van der Waals surface area contributed by atoms with E-state index in [9.17, 15) is 9.90 Å². The molecule has 1 heterocycles. The van der Waals surface area contributed by atoms with Crippen molar-refractivity contribution in [3.63, 3.8) is 0 Å². The smallest absolute Gasteiger partial charge is 0.324 e. The summed E-state index contributed by atoms with van der Waals surface area (Å²) in [7, 11) is 2.83. The minimum Gasteiger partial charge on any atom is -0.546 e. The van der Waals surface area contributed by atoms with Gasteiger partial charge >= 0.3 is 6.01 Å². The van der Waals surface area contributed by atoms with E-state index >= 15 is 0 Å². The summed E-state index contributed by atoms with van der Waals surface area (Å²) < 4.78 is 15.2. The number of benzene rings is 1. The molecule has 110 valence electrons. The molecule has 0 saturated carbocycles. The molecule has 21 heavy (non-hydrogen) atoms. The normalized spacial score (nSPS) is 11.5. The molecule has 0 amide bonds. The Bertz CT molecular complexity index is 596. The summed E-state index contributed by atoms with van der Waals surface area (Å²) in [4.78, 5) is 19.1. The third-order valence-corrected chi connectivity index (χ3v) is 2.62. The highest BCUT2D eigenvalue weighted by Gasteiger charge is 2.17. The van der Waals surface area contributed by atoms with Crippen LogP contribution in [0.4, 0.5) is 0 Å². The van der Waals surface area contributed by atoms with Gasteiger partial charge in [0.2, 0.25) is 11.8 Å². The van der Waals surface area contributed by atoms with Gasteiger partial charge in [0.15, 0.2) is 6.10 Å². The van der Waals surface area contributed by atoms with Gasteiger partial charge in [-0.1, -0.05) is 30.3 Å². The van der Waals surface area contributed by atoms with Gasteiger partial charge in [0.25, 0.3) is 0 Å². The number of aliphatic carboxylic acids is 1. The van der Waals surface area contributed by atoms with E-state index in [0.29, 0.717) is 5.56 Å². The van der Waals surface area contributed by atoms with Gasteiger partial charge in [-0.15, -0.1) is 0 Å². The van der Waals surface area contributed by atoms with E-state index in [4.69, 9.17) is 14.2 Å². The summed E-state index contributed by atoms with van der Waals surface area (Å²) in [5.41, 5.74) is 0.419. The van der Waals surface area contributed by atoms with Crippen molar-refractivity contribution in [2.24, 2.45) is 0 Å². The van der Waals surface area contributed by atoms with Crippen LogP contribution in [0.15, 0.2) is 36.4 Å². The third-order valence-electron chi connectivity index (χ3n) is 2.62. The van der Waals surface area contributed by atoms with Gasteiger partial charge in [0, 0.05) is 0 Å². The molecule has 0 aliphatic carbocycles. The molecule has 1 aromatic heterocycles. The van der Waals surface area contributed by atoms with E-state index in [2.05, 4.69) is 9.97 Å². The Balaban J connectivity index is 2.31. The summed E-state index contributed by atoms with van der Waals surface area (Å²) in [6, 6.07) is 9.65. The van der Waals surface area contributed by atoms with Crippen LogP contribution in [0.5, 0.6) is 17.8 Å². The molecule has 0 aliphatic heterocycles. The zero-order valence-corrected chi connectivity index (χ0v) is 11.5. The van der Waals surface area contributed by atoms with Crippen molar-refractivity contribution >= 4 is 5.97 Å². The van der Waals surface area contributed by atoms with Crippen molar-refractivity contribution in [2.45, 2.75) is 6.10 Å². The van der Waals surface area contributed by atoms with Crippen LogP contribution in [0, 0.1) is 0 Å². The second kappa shape index (κ2) is 6.56. The zero-order chi connectivity index (χ0) is 15.2. The molecule has 1 atom stereocenters. The van der Waals surface area contributed by atoms with Gasteiger partial charge < -0.3 is 24.1 Å². The number of carbonyl (C=O) groups is 1. The minimum atomic E-state index is -1.40. The van der Waals surface area contributed by atoms with E-state index in [1.807, 2.05) is 0 Å². The van der Waals surface area contributed by atoms with Crippen molar-refractivity contribution in [1.82, 2.24) is 9.97 Å². The molecular weight excluding hydrogens is 276 g/mol. The highest BCUT2D eigenvalue weighted by molar-refractivity contribution is 5.72. The lowest BCUT2D eigenvalue weighted by Gasteiger charge is -2.19. The van der Waals surface area contributed by atoms with E-state index < -0.39 is 12.1 Å². The number of carboxylic acids is 1. The van der Waals surface area contributed by atoms with Crippen LogP contribution < -0.4 is 19.3 Å². The van der Waals surface area contributed by atoms with Crippen LogP contribution in [0.25, 0.3) is 0 Å². The largest absolute Gasteiger partial charge is 0.546 e. The number of aromatic nitrogens is 2. The highest BCUT2D eigenvalue weighted by Crippen LogP contribution is 2.23. The van der Waals surface area contributed by atoms with Gasteiger partial charge in [-0.3, -0.25) is 0 Å². The number of nitrogens with zero attached hydrogens (tertiary/aromatic N) is 2. The predicted molar refractivity (Wildman–Crippen MR) is 70.0 cm³/mol. The fourth-order valence-electron chi connectivity index (χ4n) is 1.63. The van der Waals surface area contributed by atoms with Crippen molar-refractivity contribution in [1.29, 1.82) is 0 Å². The SMILES string of the molecule is COc1cc(OC)nc(O[C@@H](C(=O)[O-])c2ccccc2)n1. The van der Waals surface area contributed by atoms with Gasteiger partial charge in [-0.2, -0.15) is 9.97 Å². The predicted octanol–water partition coefficient (Wildman–Crippen LogP) is 0.364. The fraction of sp³-hybridized carbons (Fsp3) is 0.214. The summed E-state index contributed by atoms with van der Waals surface area (Å²) >= 11 is 0. The molecule has 2 aromatic rings. The number of carbonyl (C=O) groups excluding carboxylic acids is 1. The number of rotatable bonds is 6. The second-order valence-corrected chi connectivity index (χ2v) is 3.96. The van der Waals surface area contributed by atoms with Crippen LogP contribution in [-0.4, -0.2) is 30.2 Å². The van der Waals surface area contributed by atoms with Gasteiger partial charge in [0.05, 0.1) is 26.3 Å². The molecule has 1 aromatic carbocycles. The Labute approximate surface area is 121 Å². The van der Waals surface area contributed by atoms with Crippen molar-refractivity contribution in [3.8, 4) is 17.8 Å². The second-order valence-electron chi connectivity index (χ2n) is 3.96. The number of ether oxygens (including phenoxy) is 3. The van der Waals surface area contributed by atoms with E-state index in [1.165, 1.54) is 20.3 Å². The fourth-order valence-corrected chi connectivity index (χ4v) is 1.63. The molecular formula is C14H13N2O5-. The monoisotopic (exact) mass is 289 g/mol. The van der Waals surface area contributed by atoms with Crippen molar-refractivity contribution in [2.75, 3.05) is 14.2 Å². The highest BCUT2D eigenvalue weighted by atomic mass is 16.5. The summed E-state index contributed by atoms with van der Waals surface area (Å²) in [5.74, 6) is -1.00. The molecule has 0 radical (unpaired) electrons.